The van der Waals surface area contributed by atoms with Crippen molar-refractivity contribution < 1.29 is 3.59 Å². The van der Waals surface area contributed by atoms with Crippen molar-refractivity contribution in [3.8, 4) is 0 Å². The van der Waals surface area contributed by atoms with E-state index in [1.54, 1.807) is 9.92 Å². The number of rotatable bonds is 0. The van der Waals surface area contributed by atoms with Crippen molar-refractivity contribution in [2.24, 2.45) is 0 Å². The Morgan fingerprint density at radius 1 is 1.67 bits per heavy atom. The minimum Gasteiger partial charge on any atom is -0.249 e. The van der Waals surface area contributed by atoms with E-state index in [4.69, 9.17) is 0 Å². The summed E-state index contributed by atoms with van der Waals surface area (Å²) in [7, 11) is 0. The topological polar surface area (TPSA) is 19.7 Å². The molecule has 0 unspecified atom stereocenters. The fourth-order valence-corrected chi connectivity index (χ4v) is 0.508. The van der Waals surface area contributed by atoms with E-state index >= 15 is 0 Å². The molecule has 0 fully saturated rings. The van der Waals surface area contributed by atoms with Gasteiger partial charge < -0.3 is 0 Å². The smallest absolute Gasteiger partial charge is 0.249 e. The van der Waals surface area contributed by atoms with Crippen molar-refractivity contribution in [2.75, 3.05) is 0 Å². The molecule has 0 aliphatic carbocycles. The van der Waals surface area contributed by atoms with Crippen LogP contribution < -0.4 is 3.59 Å². The van der Waals surface area contributed by atoms with Gasteiger partial charge in [-0.2, -0.15) is 3.59 Å². The Hall–Kier alpha value is -0.310. The fraction of sp³-hybridized carbons (Fsp3) is 0. The van der Waals surface area contributed by atoms with Gasteiger partial charge in [0, 0.05) is 0 Å². The maximum absolute atomic E-state index is 3.17. The summed E-state index contributed by atoms with van der Waals surface area (Å²) in [6.45, 7) is 0. The van der Waals surface area contributed by atoms with Crippen LogP contribution in [0.3, 0.4) is 0 Å². The molecule has 2 nitrogen and oxygen atoms in total. The first-order valence-corrected chi connectivity index (χ1v) is 2.31. The lowest BCUT2D eigenvalue weighted by Crippen LogP contribution is -2.11. The third kappa shape index (κ3) is 0.597. The molecule has 0 saturated carbocycles. The Morgan fingerprint density at radius 2 is 2.50 bits per heavy atom. The molecule has 32 valence electrons. The van der Waals surface area contributed by atoms with Gasteiger partial charge in [-0.25, -0.2) is 4.98 Å². The van der Waals surface area contributed by atoms with Crippen LogP contribution in [0, 0.1) is 0 Å². The average Bonchev–Trinajstić information content (AvgIpc) is 1.86. The van der Waals surface area contributed by atoms with Crippen molar-refractivity contribution in [2.45, 2.75) is 0 Å². The molecule has 1 aromatic rings. The lowest BCUT2D eigenvalue weighted by Gasteiger charge is -1.60. The second-order valence-corrected chi connectivity index (χ2v) is 1.77. The molecule has 0 aromatic carbocycles. The monoisotopic (exact) mass is 147 g/mol. The molecule has 0 amide bonds. The molecule has 0 radical (unpaired) electrons. The highest BCUT2D eigenvalue weighted by Crippen LogP contribution is 1.70. The lowest BCUT2D eigenvalue weighted by molar-refractivity contribution is -0.471. The van der Waals surface area contributed by atoms with E-state index in [2.05, 4.69) is 21.1 Å². The van der Waals surface area contributed by atoms with Crippen LogP contribution in [0.2, 0.25) is 0 Å². The highest BCUT2D eigenvalue weighted by molar-refractivity contribution is 9.04. The minimum atomic E-state index is 1.76. The van der Waals surface area contributed by atoms with Crippen LogP contribution in [0.5, 0.6) is 0 Å². The summed E-state index contributed by atoms with van der Waals surface area (Å²) in [6, 6.07) is 0. The molecule has 0 aliphatic heterocycles. The van der Waals surface area contributed by atoms with E-state index in [0.717, 1.165) is 0 Å². The summed E-state index contributed by atoms with van der Waals surface area (Å²) in [5.41, 5.74) is 0. The molecule has 1 aromatic heterocycles. The van der Waals surface area contributed by atoms with Crippen LogP contribution in [-0.4, -0.2) is 4.98 Å². The van der Waals surface area contributed by atoms with Gasteiger partial charge in [-0.05, 0) is 0 Å². The number of nitrogens with zero attached hydrogens (tertiary/aromatic N) is 1. The molecular weight excluding hydrogens is 144 g/mol. The number of nitrogens with one attached hydrogen (secondary N) is 1. The van der Waals surface area contributed by atoms with Crippen molar-refractivity contribution in [3.05, 3.63) is 18.7 Å². The van der Waals surface area contributed by atoms with Gasteiger partial charge in [0.05, 0.1) is 0 Å². The maximum Gasteiger partial charge on any atom is 0.252 e. The zero-order chi connectivity index (χ0) is 4.41. The first kappa shape index (κ1) is 3.87. The SMILES string of the molecule is Br[n+]1cc[nH]c1. The second kappa shape index (κ2) is 1.43. The summed E-state index contributed by atoms with van der Waals surface area (Å²) < 4.78 is 1.76. The number of hydrogen-bond donors (Lipinski definition) is 1. The second-order valence-electron chi connectivity index (χ2n) is 0.956. The van der Waals surface area contributed by atoms with E-state index in [1.807, 2.05) is 12.4 Å². The zero-order valence-electron chi connectivity index (χ0n) is 3.06. The van der Waals surface area contributed by atoms with Gasteiger partial charge in [0.15, 0.2) is 16.1 Å². The molecular formula is C3H4BrN2+. The van der Waals surface area contributed by atoms with Gasteiger partial charge in [0.2, 0.25) is 0 Å². The highest BCUT2D eigenvalue weighted by atomic mass is 79.9. The Morgan fingerprint density at radius 3 is 2.67 bits per heavy atom. The van der Waals surface area contributed by atoms with Crippen molar-refractivity contribution in [1.82, 2.24) is 4.98 Å². The van der Waals surface area contributed by atoms with Gasteiger partial charge in [0.1, 0.15) is 12.4 Å². The molecule has 6 heavy (non-hydrogen) atoms. The normalized spacial score (nSPS) is 8.83. The van der Waals surface area contributed by atoms with Gasteiger partial charge in [-0.15, -0.1) is 0 Å². The zero-order valence-corrected chi connectivity index (χ0v) is 4.64. The first-order valence-electron chi connectivity index (χ1n) is 1.60. The molecule has 0 saturated heterocycles. The molecule has 0 bridgehead atoms. The van der Waals surface area contributed by atoms with Gasteiger partial charge >= 0.3 is 0 Å². The Labute approximate surface area is 44.1 Å². The highest BCUT2D eigenvalue weighted by Gasteiger charge is 1.82. The molecule has 1 rings (SSSR count). The predicted octanol–water partition coefficient (Wildman–Crippen LogP) is 0.460. The molecule has 0 atom stereocenters. The summed E-state index contributed by atoms with van der Waals surface area (Å²) in [6.07, 6.45) is 5.48. The van der Waals surface area contributed by atoms with Crippen LogP contribution >= 0.6 is 16.1 Å². The number of halogens is 1. The van der Waals surface area contributed by atoms with Crippen LogP contribution in [0.1, 0.15) is 0 Å². The number of aromatic nitrogens is 2. The molecule has 0 spiro atoms. The van der Waals surface area contributed by atoms with E-state index < -0.39 is 0 Å². The van der Waals surface area contributed by atoms with Crippen molar-refractivity contribution >= 4 is 16.1 Å². The quantitative estimate of drug-likeness (QED) is 0.551. The number of aromatic amines is 1. The molecule has 1 heterocycles. The third-order valence-electron chi connectivity index (χ3n) is 0.511. The number of hydrogen-bond acceptors (Lipinski definition) is 0. The molecule has 1 N–H and O–H groups in total. The summed E-state index contributed by atoms with van der Waals surface area (Å²) in [5.74, 6) is 0. The Kier molecular flexibility index (Phi) is 0.919. The van der Waals surface area contributed by atoms with E-state index in [0.29, 0.717) is 0 Å². The summed E-state index contributed by atoms with van der Waals surface area (Å²) >= 11 is 3.17. The van der Waals surface area contributed by atoms with Gasteiger partial charge in [-0.3, -0.25) is 0 Å². The van der Waals surface area contributed by atoms with Crippen LogP contribution in [-0.2, 0) is 0 Å². The minimum absolute atomic E-state index is 1.76. The summed E-state index contributed by atoms with van der Waals surface area (Å²) in [4.78, 5) is 2.85. The van der Waals surface area contributed by atoms with Crippen LogP contribution in [0.25, 0.3) is 0 Å². The molecule has 0 aliphatic rings. The van der Waals surface area contributed by atoms with E-state index in [9.17, 15) is 0 Å². The van der Waals surface area contributed by atoms with Crippen molar-refractivity contribution in [3.63, 3.8) is 0 Å². The standard InChI is InChI=1S/C3H3BrN2/c4-6-2-1-5-3-6/h1-3H/p+1. The van der Waals surface area contributed by atoms with Gasteiger partial charge in [-0.1, -0.05) is 0 Å². The predicted molar refractivity (Wildman–Crippen MR) is 25.3 cm³/mol. The number of H-pyrrole nitrogens is 1. The Balaban J connectivity index is 3.05. The van der Waals surface area contributed by atoms with Crippen molar-refractivity contribution in [1.29, 1.82) is 0 Å². The van der Waals surface area contributed by atoms with Gasteiger partial charge in [0.25, 0.3) is 6.33 Å². The van der Waals surface area contributed by atoms with Crippen LogP contribution in [0.15, 0.2) is 18.7 Å². The van der Waals surface area contributed by atoms with E-state index in [-0.39, 0.29) is 0 Å². The fourth-order valence-electron chi connectivity index (χ4n) is 0.272. The first-order chi connectivity index (χ1) is 2.89. The Bertz CT molecular complexity index is 112. The van der Waals surface area contributed by atoms with Crippen LogP contribution in [0.4, 0.5) is 0 Å². The molecule has 3 heteroatoms. The lowest BCUT2D eigenvalue weighted by atomic mass is 11.0. The third-order valence-corrected chi connectivity index (χ3v) is 0.952. The average molecular weight is 148 g/mol. The largest absolute Gasteiger partial charge is 0.252 e. The number of imidazole rings is 1. The van der Waals surface area contributed by atoms with E-state index in [1.165, 1.54) is 0 Å². The summed E-state index contributed by atoms with van der Waals surface area (Å²) in [5, 5.41) is 0. The maximum atomic E-state index is 3.17.